The number of aliphatic imine (C=N–C) groups is 2. The average molecular weight is 504 g/mol. The number of rotatable bonds is 4. The first kappa shape index (κ1) is 17.3. The van der Waals surface area contributed by atoms with E-state index in [4.69, 9.17) is 9.98 Å². The molecule has 0 heterocycles. The maximum atomic E-state index is 4.85. The Balaban J connectivity index is 1.67. The van der Waals surface area contributed by atoms with Crippen LogP contribution in [0.15, 0.2) is 28.2 Å². The zero-order valence-electron chi connectivity index (χ0n) is 14.0. The molecule has 0 amide bonds. The zero-order chi connectivity index (χ0) is 15.9. The van der Waals surface area contributed by atoms with E-state index in [9.17, 15) is 0 Å². The molecule has 2 aliphatic carbocycles. The molecule has 2 aliphatic rings. The van der Waals surface area contributed by atoms with E-state index in [0.29, 0.717) is 12.1 Å². The van der Waals surface area contributed by atoms with Crippen LogP contribution in [-0.2, 0) is 0 Å². The quantitative estimate of drug-likeness (QED) is 0.438. The summed E-state index contributed by atoms with van der Waals surface area (Å²) < 4.78 is 1.42. The van der Waals surface area contributed by atoms with Crippen molar-refractivity contribution < 1.29 is 0 Å². The monoisotopic (exact) mass is 504 g/mol. The van der Waals surface area contributed by atoms with Crippen molar-refractivity contribution in [2.24, 2.45) is 9.98 Å². The second-order valence-electron chi connectivity index (χ2n) is 6.93. The fraction of sp³-hybridized carbons (Fsp3) is 0.600. The summed E-state index contributed by atoms with van der Waals surface area (Å²) in [5.74, 6) is 0. The first-order valence-corrected chi connectivity index (χ1v) is 10.9. The molecule has 0 saturated heterocycles. The molecule has 0 aliphatic heterocycles. The first-order valence-electron chi connectivity index (χ1n) is 9.21. The molecule has 2 radical (unpaired) electrons. The van der Waals surface area contributed by atoms with Gasteiger partial charge in [0.1, 0.15) is 0 Å². The van der Waals surface area contributed by atoms with E-state index in [1.807, 2.05) is 0 Å². The Morgan fingerprint density at radius 3 is 1.61 bits per heavy atom. The molecule has 3 heteroatoms. The summed E-state index contributed by atoms with van der Waals surface area (Å²) in [6, 6.07) is 7.68. The van der Waals surface area contributed by atoms with E-state index in [2.05, 4.69) is 30.6 Å². The summed E-state index contributed by atoms with van der Waals surface area (Å²) in [7, 11) is 0. The van der Waals surface area contributed by atoms with Gasteiger partial charge in [0, 0.05) is 0 Å². The first-order chi connectivity index (χ1) is 11.3. The van der Waals surface area contributed by atoms with Gasteiger partial charge in [0.15, 0.2) is 0 Å². The van der Waals surface area contributed by atoms with Gasteiger partial charge >= 0.3 is 156 Å². The van der Waals surface area contributed by atoms with Crippen LogP contribution in [0.4, 0.5) is 0 Å². The van der Waals surface area contributed by atoms with Crippen molar-refractivity contribution in [3.63, 3.8) is 0 Å². The Morgan fingerprint density at radius 2 is 1.17 bits per heavy atom. The number of nitrogens with zero attached hydrogens (tertiary/aromatic N) is 2. The van der Waals surface area contributed by atoms with Crippen LogP contribution in [-0.4, -0.2) is 49.2 Å². The van der Waals surface area contributed by atoms with Crippen LogP contribution in [0.5, 0.6) is 0 Å². The molecule has 122 valence electrons. The van der Waals surface area contributed by atoms with Crippen molar-refractivity contribution in [3.8, 4) is 0 Å². The van der Waals surface area contributed by atoms with Crippen LogP contribution >= 0.6 is 0 Å². The number of benzene rings is 1. The standard InChI is InChI=1S/C20H27N2.Bi/c1-3-10-19(11-4-1)21-15-17-8-7-9-18(14-17)16-22-20-12-5-2-6-13-20;/h7-9,15-16,19-20H,1-6,10-13H2;. The molecule has 2 saturated carbocycles. The van der Waals surface area contributed by atoms with Crippen LogP contribution < -0.4 is 3.27 Å². The predicted octanol–water partition coefficient (Wildman–Crippen LogP) is 3.98. The van der Waals surface area contributed by atoms with Crippen LogP contribution in [0.25, 0.3) is 0 Å². The molecule has 0 aromatic heterocycles. The van der Waals surface area contributed by atoms with Crippen LogP contribution in [0.3, 0.4) is 0 Å². The average Bonchev–Trinajstić information content (AvgIpc) is 2.61. The number of hydrogen-bond donors (Lipinski definition) is 0. The van der Waals surface area contributed by atoms with Gasteiger partial charge in [-0.25, -0.2) is 0 Å². The molecule has 0 atom stereocenters. The molecule has 0 bridgehead atoms. The van der Waals surface area contributed by atoms with E-state index in [-0.39, 0.29) is 0 Å². The number of hydrogen-bond acceptors (Lipinski definition) is 2. The Morgan fingerprint density at radius 1 is 0.739 bits per heavy atom. The molecule has 23 heavy (non-hydrogen) atoms. The third-order valence-corrected chi connectivity index (χ3v) is 7.10. The molecule has 1 aromatic carbocycles. The summed E-state index contributed by atoms with van der Waals surface area (Å²) in [6.07, 6.45) is 17.5. The maximum absolute atomic E-state index is 4.85. The molecule has 1 aromatic rings. The molecular weight excluding hydrogens is 477 g/mol. The van der Waals surface area contributed by atoms with Crippen molar-refractivity contribution >= 4 is 40.4 Å². The Bertz CT molecular complexity index is 507. The summed E-state index contributed by atoms with van der Waals surface area (Å²) in [4.78, 5) is 9.71. The van der Waals surface area contributed by atoms with Gasteiger partial charge in [0.05, 0.1) is 0 Å². The van der Waals surface area contributed by atoms with Crippen molar-refractivity contribution in [1.82, 2.24) is 0 Å². The summed E-state index contributed by atoms with van der Waals surface area (Å²) in [5.41, 5.74) is 2.60. The predicted molar refractivity (Wildman–Crippen MR) is 101 cm³/mol. The van der Waals surface area contributed by atoms with Gasteiger partial charge in [0.2, 0.25) is 0 Å². The van der Waals surface area contributed by atoms with Crippen molar-refractivity contribution in [3.05, 3.63) is 29.3 Å². The minimum absolute atomic E-state index is 0.557. The van der Waals surface area contributed by atoms with Gasteiger partial charge in [0.25, 0.3) is 0 Å². The molecule has 0 unspecified atom stereocenters. The van der Waals surface area contributed by atoms with Gasteiger partial charge in [-0.15, -0.1) is 0 Å². The third-order valence-electron chi connectivity index (χ3n) is 5.10. The second kappa shape index (κ2) is 9.06. The summed E-state index contributed by atoms with van der Waals surface area (Å²) in [5, 5.41) is 0. The van der Waals surface area contributed by atoms with Crippen molar-refractivity contribution in [2.45, 2.75) is 76.3 Å². The van der Waals surface area contributed by atoms with E-state index < -0.39 is 0 Å². The molecule has 2 nitrogen and oxygen atoms in total. The van der Waals surface area contributed by atoms with E-state index in [1.54, 1.807) is 0 Å². The normalized spacial score (nSPS) is 21.4. The van der Waals surface area contributed by atoms with Gasteiger partial charge in [-0.05, 0) is 0 Å². The van der Waals surface area contributed by atoms with Crippen LogP contribution in [0, 0.1) is 0 Å². The second-order valence-corrected chi connectivity index (χ2v) is 8.66. The van der Waals surface area contributed by atoms with E-state index in [0.717, 1.165) is 0 Å². The van der Waals surface area contributed by atoms with E-state index >= 15 is 0 Å². The van der Waals surface area contributed by atoms with Gasteiger partial charge in [-0.3, -0.25) is 0 Å². The fourth-order valence-electron chi connectivity index (χ4n) is 3.62. The topological polar surface area (TPSA) is 24.7 Å². The van der Waals surface area contributed by atoms with Gasteiger partial charge in [-0.1, -0.05) is 0 Å². The zero-order valence-corrected chi connectivity index (χ0v) is 17.4. The summed E-state index contributed by atoms with van der Waals surface area (Å²) in [6.45, 7) is 0. The Kier molecular flexibility index (Phi) is 6.81. The summed E-state index contributed by atoms with van der Waals surface area (Å²) >= 11 is 1.28. The SMILES string of the molecule is [Bi][c]1c(C=NC2CCCCC2)cccc1C=NC1CCCCC1. The van der Waals surface area contributed by atoms with Crippen LogP contribution in [0.2, 0.25) is 0 Å². The molecule has 0 N–H and O–H groups in total. The molecule has 2 fully saturated rings. The van der Waals surface area contributed by atoms with E-state index in [1.165, 1.54) is 103 Å². The third kappa shape index (κ3) is 5.21. The van der Waals surface area contributed by atoms with Crippen molar-refractivity contribution in [2.75, 3.05) is 0 Å². The fourth-order valence-corrected chi connectivity index (χ4v) is 4.65. The van der Waals surface area contributed by atoms with Gasteiger partial charge in [-0.2, -0.15) is 0 Å². The molecular formula is C20H27BiN2. The Hall–Kier alpha value is -0.557. The molecule has 3 rings (SSSR count). The van der Waals surface area contributed by atoms with Gasteiger partial charge < -0.3 is 0 Å². The Labute approximate surface area is 155 Å². The molecule has 0 spiro atoms. The minimum atomic E-state index is 0.557. The van der Waals surface area contributed by atoms with Crippen LogP contribution in [0.1, 0.15) is 75.3 Å². The van der Waals surface area contributed by atoms with Crippen molar-refractivity contribution in [1.29, 1.82) is 0 Å².